The van der Waals surface area contributed by atoms with E-state index in [1.807, 2.05) is 24.4 Å². The predicted molar refractivity (Wildman–Crippen MR) is 108 cm³/mol. The number of anilines is 1. The summed E-state index contributed by atoms with van der Waals surface area (Å²) in [5, 5.41) is 6.78. The molecule has 0 fully saturated rings. The molecule has 0 aliphatic heterocycles. The van der Waals surface area contributed by atoms with E-state index >= 15 is 0 Å². The average molecular weight is 381 g/mol. The number of para-hydroxylation sites is 1. The van der Waals surface area contributed by atoms with Crippen LogP contribution in [0.15, 0.2) is 54.7 Å². The van der Waals surface area contributed by atoms with E-state index in [1.165, 1.54) is 10.9 Å². The van der Waals surface area contributed by atoms with Gasteiger partial charge in [0.05, 0.1) is 6.61 Å². The van der Waals surface area contributed by atoms with Gasteiger partial charge in [0.15, 0.2) is 6.61 Å². The quantitative estimate of drug-likeness (QED) is 0.521. The van der Waals surface area contributed by atoms with Crippen molar-refractivity contribution in [1.29, 1.82) is 0 Å². The van der Waals surface area contributed by atoms with Gasteiger partial charge in [0, 0.05) is 29.3 Å². The van der Waals surface area contributed by atoms with Crippen molar-refractivity contribution in [3.05, 3.63) is 60.3 Å². The van der Waals surface area contributed by atoms with Gasteiger partial charge in [-0.15, -0.1) is 0 Å². The zero-order valence-corrected chi connectivity index (χ0v) is 15.7. The monoisotopic (exact) mass is 381 g/mol. The maximum atomic E-state index is 12.1. The molecule has 3 N–H and O–H groups in total. The van der Waals surface area contributed by atoms with Crippen molar-refractivity contribution in [3.63, 3.8) is 0 Å². The average Bonchev–Trinajstić information content (AvgIpc) is 3.11. The molecule has 1 heterocycles. The van der Waals surface area contributed by atoms with E-state index < -0.39 is 5.97 Å². The summed E-state index contributed by atoms with van der Waals surface area (Å²) in [6.07, 6.45) is 2.71. The Morgan fingerprint density at radius 2 is 1.86 bits per heavy atom. The zero-order valence-electron chi connectivity index (χ0n) is 15.7. The van der Waals surface area contributed by atoms with Crippen molar-refractivity contribution in [2.45, 2.75) is 13.3 Å². The first-order valence-electron chi connectivity index (χ1n) is 9.14. The molecule has 0 saturated heterocycles. The number of H-pyrrole nitrogens is 1. The number of nitrogens with one attached hydrogen (secondary N) is 3. The fourth-order valence-corrected chi connectivity index (χ4v) is 2.80. The molecule has 2 aromatic carbocycles. The van der Waals surface area contributed by atoms with Crippen molar-refractivity contribution >= 4 is 28.6 Å². The Hall–Kier alpha value is -3.48. The zero-order chi connectivity index (χ0) is 19.8. The third-order valence-corrected chi connectivity index (χ3v) is 4.13. The Kier molecular flexibility index (Phi) is 6.51. The molecule has 7 nitrogen and oxygen atoms in total. The van der Waals surface area contributed by atoms with Crippen LogP contribution in [-0.4, -0.2) is 36.7 Å². The van der Waals surface area contributed by atoms with Crippen molar-refractivity contribution in [1.82, 2.24) is 10.3 Å². The number of hydrogen-bond donors (Lipinski definition) is 3. The molecular weight excluding hydrogens is 358 g/mol. The summed E-state index contributed by atoms with van der Waals surface area (Å²) in [6.45, 7) is 2.44. The number of fused-ring (bicyclic) bond motifs is 1. The number of esters is 1. The number of carbonyl (C=O) groups excluding carboxylic acids is 2. The van der Waals surface area contributed by atoms with Crippen LogP contribution in [0.25, 0.3) is 10.9 Å². The molecule has 7 heteroatoms. The van der Waals surface area contributed by atoms with E-state index in [-0.39, 0.29) is 12.6 Å². The second kappa shape index (κ2) is 9.45. The van der Waals surface area contributed by atoms with Gasteiger partial charge in [0.2, 0.25) is 0 Å². The highest BCUT2D eigenvalue weighted by molar-refractivity contribution is 5.89. The lowest BCUT2D eigenvalue weighted by Gasteiger charge is -2.09. The summed E-state index contributed by atoms with van der Waals surface area (Å²) in [5.74, 6) is 0.109. The molecule has 2 amide bonds. The van der Waals surface area contributed by atoms with Gasteiger partial charge in [-0.3, -0.25) is 0 Å². The van der Waals surface area contributed by atoms with Crippen molar-refractivity contribution in [2.75, 3.05) is 25.1 Å². The Morgan fingerprint density at radius 3 is 2.64 bits per heavy atom. The molecule has 1 aromatic heterocycles. The molecule has 0 aliphatic carbocycles. The number of urea groups is 1. The highest BCUT2D eigenvalue weighted by atomic mass is 16.6. The third-order valence-electron chi connectivity index (χ3n) is 4.13. The number of hydrogen-bond acceptors (Lipinski definition) is 4. The molecular formula is C21H23N3O4. The molecule has 28 heavy (non-hydrogen) atoms. The second-order valence-corrected chi connectivity index (χ2v) is 6.11. The van der Waals surface area contributed by atoms with Gasteiger partial charge < -0.3 is 25.1 Å². The lowest BCUT2D eigenvalue weighted by molar-refractivity contribution is -0.145. The van der Waals surface area contributed by atoms with Crippen molar-refractivity contribution in [2.24, 2.45) is 0 Å². The highest BCUT2D eigenvalue weighted by Gasteiger charge is 2.06. The number of carbonyl (C=O) groups is 2. The van der Waals surface area contributed by atoms with E-state index in [9.17, 15) is 9.59 Å². The number of benzene rings is 2. The largest absolute Gasteiger partial charge is 0.482 e. The standard InChI is InChI=1S/C21H23N3O4/c1-2-27-20(25)14-28-17-9-7-16(8-10-17)24-21(26)22-12-11-15-13-23-19-6-4-3-5-18(15)19/h3-10,13,23H,2,11-12,14H2,1H3,(H2,22,24,26). The van der Waals surface area contributed by atoms with Crippen LogP contribution in [0.5, 0.6) is 5.75 Å². The van der Waals surface area contributed by atoms with Crippen LogP contribution in [0.1, 0.15) is 12.5 Å². The summed E-state index contributed by atoms with van der Waals surface area (Å²) >= 11 is 0. The van der Waals surface area contributed by atoms with Gasteiger partial charge in [0.25, 0.3) is 0 Å². The number of aromatic amines is 1. The van der Waals surface area contributed by atoms with Crippen LogP contribution < -0.4 is 15.4 Å². The van der Waals surface area contributed by atoms with Crippen LogP contribution in [0.3, 0.4) is 0 Å². The lowest BCUT2D eigenvalue weighted by Crippen LogP contribution is -2.30. The molecule has 0 radical (unpaired) electrons. The number of amides is 2. The molecule has 0 unspecified atom stereocenters. The van der Waals surface area contributed by atoms with Crippen molar-refractivity contribution < 1.29 is 19.1 Å². The van der Waals surface area contributed by atoms with Crippen LogP contribution >= 0.6 is 0 Å². The molecule has 3 aromatic rings. The van der Waals surface area contributed by atoms with Crippen molar-refractivity contribution in [3.8, 4) is 5.75 Å². The Morgan fingerprint density at radius 1 is 1.07 bits per heavy atom. The number of rotatable bonds is 8. The van der Waals surface area contributed by atoms with E-state index in [1.54, 1.807) is 31.2 Å². The van der Waals surface area contributed by atoms with E-state index in [4.69, 9.17) is 9.47 Å². The summed E-state index contributed by atoms with van der Waals surface area (Å²) in [7, 11) is 0. The molecule has 146 valence electrons. The van der Waals surface area contributed by atoms with Gasteiger partial charge in [-0.1, -0.05) is 18.2 Å². The fraction of sp³-hybridized carbons (Fsp3) is 0.238. The number of ether oxygens (including phenoxy) is 2. The second-order valence-electron chi connectivity index (χ2n) is 6.11. The van der Waals surface area contributed by atoms with E-state index in [0.29, 0.717) is 24.6 Å². The Labute approximate surface area is 163 Å². The van der Waals surface area contributed by atoms with Gasteiger partial charge in [-0.25, -0.2) is 9.59 Å². The summed E-state index contributed by atoms with van der Waals surface area (Å²) in [5.41, 5.74) is 2.89. The first kappa shape index (κ1) is 19.3. The van der Waals surface area contributed by atoms with Crippen LogP contribution in [0, 0.1) is 0 Å². The Balaban J connectivity index is 1.42. The summed E-state index contributed by atoms with van der Waals surface area (Å²) < 4.78 is 10.1. The molecule has 0 aliphatic rings. The Bertz CT molecular complexity index is 934. The fourth-order valence-electron chi connectivity index (χ4n) is 2.80. The van der Waals surface area contributed by atoms with Gasteiger partial charge in [-0.05, 0) is 49.2 Å². The van der Waals surface area contributed by atoms with Crippen LogP contribution in [0.2, 0.25) is 0 Å². The normalized spacial score (nSPS) is 10.5. The molecule has 0 bridgehead atoms. The van der Waals surface area contributed by atoms with Crippen LogP contribution in [-0.2, 0) is 16.0 Å². The first-order valence-corrected chi connectivity index (χ1v) is 9.14. The van der Waals surface area contributed by atoms with Gasteiger partial charge in [-0.2, -0.15) is 0 Å². The predicted octanol–water partition coefficient (Wildman–Crippen LogP) is 3.47. The lowest BCUT2D eigenvalue weighted by atomic mass is 10.1. The minimum absolute atomic E-state index is 0.144. The number of aromatic nitrogens is 1. The minimum atomic E-state index is -0.417. The SMILES string of the molecule is CCOC(=O)COc1ccc(NC(=O)NCCc2c[nH]c3ccccc23)cc1. The van der Waals surface area contributed by atoms with E-state index in [2.05, 4.69) is 21.7 Å². The maximum absolute atomic E-state index is 12.1. The third kappa shape index (κ3) is 5.26. The van der Waals surface area contributed by atoms with E-state index in [0.717, 1.165) is 11.9 Å². The maximum Gasteiger partial charge on any atom is 0.344 e. The first-order chi connectivity index (χ1) is 13.7. The topological polar surface area (TPSA) is 92.4 Å². The summed E-state index contributed by atoms with van der Waals surface area (Å²) in [6, 6.07) is 14.6. The van der Waals surface area contributed by atoms with Gasteiger partial charge in [0.1, 0.15) is 5.75 Å². The molecule has 3 rings (SSSR count). The smallest absolute Gasteiger partial charge is 0.344 e. The van der Waals surface area contributed by atoms with Gasteiger partial charge >= 0.3 is 12.0 Å². The summed E-state index contributed by atoms with van der Waals surface area (Å²) in [4.78, 5) is 26.6. The van der Waals surface area contributed by atoms with Crippen LogP contribution in [0.4, 0.5) is 10.5 Å². The molecule has 0 atom stereocenters. The minimum Gasteiger partial charge on any atom is -0.482 e. The molecule has 0 saturated carbocycles. The highest BCUT2D eigenvalue weighted by Crippen LogP contribution is 2.18. The molecule has 0 spiro atoms.